The number of nitrogens with zero attached hydrogens (tertiary/aromatic N) is 2. The summed E-state index contributed by atoms with van der Waals surface area (Å²) in [5, 5.41) is 13.3. The van der Waals surface area contributed by atoms with Gasteiger partial charge in [0.1, 0.15) is 0 Å². The predicted octanol–water partition coefficient (Wildman–Crippen LogP) is 4.05. The number of hydrogen-bond donors (Lipinski definition) is 1. The topological polar surface area (TPSA) is 38.1 Å². The molecule has 0 unspecified atom stereocenters. The molecule has 3 rings (SSSR count). The Morgan fingerprint density at radius 1 is 0.913 bits per heavy atom. The van der Waals surface area contributed by atoms with Crippen molar-refractivity contribution in [3.63, 3.8) is 0 Å². The van der Waals surface area contributed by atoms with Gasteiger partial charge < -0.3 is 5.11 Å². The molecule has 0 fully saturated rings. The van der Waals surface area contributed by atoms with E-state index in [1.54, 1.807) is 60.7 Å². The van der Waals surface area contributed by atoms with Gasteiger partial charge in [0.15, 0.2) is 5.69 Å². The molecule has 6 heteroatoms. The van der Waals surface area contributed by atoms with Gasteiger partial charge >= 0.3 is 6.18 Å². The third kappa shape index (κ3) is 2.85. The molecule has 0 aliphatic rings. The van der Waals surface area contributed by atoms with E-state index < -0.39 is 18.5 Å². The second-order valence-corrected chi connectivity index (χ2v) is 4.95. The van der Waals surface area contributed by atoms with Gasteiger partial charge in [-0.25, -0.2) is 4.68 Å². The highest BCUT2D eigenvalue weighted by atomic mass is 19.4. The van der Waals surface area contributed by atoms with Gasteiger partial charge in [0, 0.05) is 11.1 Å². The fourth-order valence-corrected chi connectivity index (χ4v) is 2.48. The highest BCUT2D eigenvalue weighted by Gasteiger charge is 2.39. The first kappa shape index (κ1) is 15.3. The molecular formula is C17H13F3N2O. The Hall–Kier alpha value is -2.60. The van der Waals surface area contributed by atoms with Crippen molar-refractivity contribution in [1.29, 1.82) is 0 Å². The van der Waals surface area contributed by atoms with E-state index >= 15 is 0 Å². The minimum atomic E-state index is -4.64. The van der Waals surface area contributed by atoms with Crippen molar-refractivity contribution in [3.05, 3.63) is 71.9 Å². The number of hydrogen-bond acceptors (Lipinski definition) is 2. The maximum atomic E-state index is 13.3. The lowest BCUT2D eigenvalue weighted by Gasteiger charge is -2.09. The zero-order chi connectivity index (χ0) is 16.4. The fraction of sp³-hybridized carbons (Fsp3) is 0.118. The van der Waals surface area contributed by atoms with E-state index in [0.717, 1.165) is 0 Å². The number of para-hydroxylation sites is 1. The molecule has 23 heavy (non-hydrogen) atoms. The summed E-state index contributed by atoms with van der Waals surface area (Å²) in [7, 11) is 0. The molecule has 0 radical (unpaired) electrons. The number of aromatic nitrogens is 2. The van der Waals surface area contributed by atoms with Crippen LogP contribution in [0.5, 0.6) is 0 Å². The standard InChI is InChI=1S/C17H13F3N2O/c18-17(19,20)16-14(11-23)15(12-7-3-1-4-8-12)22(21-16)13-9-5-2-6-10-13/h1-10,23H,11H2. The van der Waals surface area contributed by atoms with E-state index in [9.17, 15) is 18.3 Å². The molecule has 0 aliphatic carbocycles. The van der Waals surface area contributed by atoms with Gasteiger partial charge in [0.25, 0.3) is 0 Å². The van der Waals surface area contributed by atoms with E-state index in [4.69, 9.17) is 0 Å². The average Bonchev–Trinajstić information content (AvgIpc) is 2.96. The number of halogens is 3. The number of alkyl halides is 3. The van der Waals surface area contributed by atoms with Gasteiger partial charge in [-0.15, -0.1) is 0 Å². The number of aliphatic hydroxyl groups excluding tert-OH is 1. The molecule has 0 bridgehead atoms. The molecule has 2 aromatic carbocycles. The van der Waals surface area contributed by atoms with Crippen LogP contribution in [0.4, 0.5) is 13.2 Å². The average molecular weight is 318 g/mol. The van der Waals surface area contributed by atoms with Gasteiger partial charge in [-0.1, -0.05) is 48.5 Å². The summed E-state index contributed by atoms with van der Waals surface area (Å²) in [5.41, 5.74) is 0.00170. The van der Waals surface area contributed by atoms with Crippen LogP contribution in [0.1, 0.15) is 11.3 Å². The van der Waals surface area contributed by atoms with E-state index in [2.05, 4.69) is 5.10 Å². The smallest absolute Gasteiger partial charge is 0.392 e. The quantitative estimate of drug-likeness (QED) is 0.791. The van der Waals surface area contributed by atoms with Crippen LogP contribution in [0.3, 0.4) is 0 Å². The minimum absolute atomic E-state index is 0.229. The second-order valence-electron chi connectivity index (χ2n) is 4.95. The number of aliphatic hydroxyl groups is 1. The summed E-state index contributed by atoms with van der Waals surface area (Å²) in [6, 6.07) is 17.2. The van der Waals surface area contributed by atoms with E-state index in [0.29, 0.717) is 11.3 Å². The Kier molecular flexibility index (Phi) is 3.92. The molecular weight excluding hydrogens is 305 g/mol. The minimum Gasteiger partial charge on any atom is -0.392 e. The van der Waals surface area contributed by atoms with Crippen LogP contribution in [0.15, 0.2) is 60.7 Å². The van der Waals surface area contributed by atoms with Crippen molar-refractivity contribution in [2.24, 2.45) is 0 Å². The van der Waals surface area contributed by atoms with Gasteiger partial charge in [0.05, 0.1) is 18.0 Å². The normalized spacial score (nSPS) is 11.7. The molecule has 1 aromatic heterocycles. The largest absolute Gasteiger partial charge is 0.435 e. The molecule has 0 saturated heterocycles. The molecule has 0 saturated carbocycles. The van der Waals surface area contributed by atoms with Crippen molar-refractivity contribution >= 4 is 0 Å². The molecule has 3 aromatic rings. The molecule has 0 atom stereocenters. The van der Waals surface area contributed by atoms with Gasteiger partial charge in [0.2, 0.25) is 0 Å². The summed E-state index contributed by atoms with van der Waals surface area (Å²) in [5.74, 6) is 0. The third-order valence-corrected chi connectivity index (χ3v) is 3.46. The van der Waals surface area contributed by atoms with Crippen molar-refractivity contribution in [2.75, 3.05) is 0 Å². The highest BCUT2D eigenvalue weighted by Crippen LogP contribution is 2.37. The lowest BCUT2D eigenvalue weighted by atomic mass is 10.1. The summed E-state index contributed by atoms with van der Waals surface area (Å²) >= 11 is 0. The zero-order valence-corrected chi connectivity index (χ0v) is 12.0. The Morgan fingerprint density at radius 2 is 1.48 bits per heavy atom. The molecule has 0 spiro atoms. The van der Waals surface area contributed by atoms with Gasteiger partial charge in [-0.2, -0.15) is 18.3 Å². The number of rotatable bonds is 3. The lowest BCUT2D eigenvalue weighted by molar-refractivity contribution is -0.142. The van der Waals surface area contributed by atoms with Crippen LogP contribution < -0.4 is 0 Å². The third-order valence-electron chi connectivity index (χ3n) is 3.46. The molecule has 1 N–H and O–H groups in total. The monoisotopic (exact) mass is 318 g/mol. The molecule has 3 nitrogen and oxygen atoms in total. The molecule has 0 amide bonds. The maximum absolute atomic E-state index is 13.3. The van der Waals surface area contributed by atoms with Crippen molar-refractivity contribution < 1.29 is 18.3 Å². The van der Waals surface area contributed by atoms with Crippen LogP contribution in [-0.4, -0.2) is 14.9 Å². The van der Waals surface area contributed by atoms with E-state index in [1.165, 1.54) is 4.68 Å². The van der Waals surface area contributed by atoms with Gasteiger partial charge in [-0.3, -0.25) is 0 Å². The maximum Gasteiger partial charge on any atom is 0.435 e. The molecule has 1 heterocycles. The Bertz CT molecular complexity index is 796. The summed E-state index contributed by atoms with van der Waals surface area (Å²) < 4.78 is 41.0. The zero-order valence-electron chi connectivity index (χ0n) is 12.0. The SMILES string of the molecule is OCc1c(C(F)(F)F)nn(-c2ccccc2)c1-c1ccccc1. The number of benzene rings is 2. The molecule has 118 valence electrons. The van der Waals surface area contributed by atoms with E-state index in [1.807, 2.05) is 0 Å². The highest BCUT2D eigenvalue weighted by molar-refractivity contribution is 5.67. The lowest BCUT2D eigenvalue weighted by Crippen LogP contribution is -2.09. The second kappa shape index (κ2) is 5.89. The van der Waals surface area contributed by atoms with Crippen molar-refractivity contribution in [1.82, 2.24) is 9.78 Å². The van der Waals surface area contributed by atoms with Crippen LogP contribution in [0.25, 0.3) is 16.9 Å². The Morgan fingerprint density at radius 3 is 2.00 bits per heavy atom. The molecule has 0 aliphatic heterocycles. The summed E-state index contributed by atoms with van der Waals surface area (Å²) in [6.45, 7) is -0.744. The summed E-state index contributed by atoms with van der Waals surface area (Å²) in [6.07, 6.45) is -4.64. The summed E-state index contributed by atoms with van der Waals surface area (Å²) in [4.78, 5) is 0. The van der Waals surface area contributed by atoms with Crippen LogP contribution >= 0.6 is 0 Å². The van der Waals surface area contributed by atoms with E-state index in [-0.39, 0.29) is 11.3 Å². The first-order chi connectivity index (χ1) is 11.0. The Balaban J connectivity index is 2.33. The van der Waals surface area contributed by atoms with Crippen LogP contribution in [-0.2, 0) is 12.8 Å². The first-order valence-electron chi connectivity index (χ1n) is 6.93. The Labute approximate surface area is 130 Å². The van der Waals surface area contributed by atoms with Crippen LogP contribution in [0.2, 0.25) is 0 Å². The first-order valence-corrected chi connectivity index (χ1v) is 6.93. The fourth-order valence-electron chi connectivity index (χ4n) is 2.48. The van der Waals surface area contributed by atoms with Crippen molar-refractivity contribution in [3.8, 4) is 16.9 Å². The van der Waals surface area contributed by atoms with Gasteiger partial charge in [-0.05, 0) is 12.1 Å². The van der Waals surface area contributed by atoms with Crippen LogP contribution in [0, 0.1) is 0 Å². The van der Waals surface area contributed by atoms with Crippen molar-refractivity contribution in [2.45, 2.75) is 12.8 Å². The predicted molar refractivity (Wildman–Crippen MR) is 79.9 cm³/mol.